The molecule has 1 N–H and O–H groups in total. The minimum absolute atomic E-state index is 0.171. The maximum absolute atomic E-state index is 12.5. The number of amides is 1. The van der Waals surface area contributed by atoms with Crippen molar-refractivity contribution < 1.29 is 19.1 Å². The molecular weight excluding hydrogens is 215 g/mol. The Balaban J connectivity index is 2.82. The van der Waals surface area contributed by atoms with E-state index in [4.69, 9.17) is 5.11 Å². The highest BCUT2D eigenvalue weighted by Gasteiger charge is 2.16. The molecule has 0 saturated heterocycles. The number of pyridine rings is 1. The third kappa shape index (κ3) is 3.01. The van der Waals surface area contributed by atoms with Crippen LogP contribution in [0.3, 0.4) is 0 Å². The van der Waals surface area contributed by atoms with Gasteiger partial charge >= 0.3 is 5.97 Å². The first-order valence-corrected chi connectivity index (χ1v) is 4.67. The molecule has 0 atom stereocenters. The molecule has 6 heteroatoms. The molecule has 1 heterocycles. The van der Waals surface area contributed by atoms with Gasteiger partial charge < -0.3 is 10.0 Å². The van der Waals surface area contributed by atoms with Gasteiger partial charge in [-0.3, -0.25) is 9.59 Å². The van der Waals surface area contributed by atoms with Crippen LogP contribution in [-0.2, 0) is 4.79 Å². The zero-order chi connectivity index (χ0) is 12.1. The third-order valence-electron chi connectivity index (χ3n) is 1.97. The molecule has 0 radical (unpaired) electrons. The molecule has 5 nitrogen and oxygen atoms in total. The van der Waals surface area contributed by atoms with Crippen LogP contribution < -0.4 is 0 Å². The highest BCUT2D eigenvalue weighted by molar-refractivity contribution is 5.95. The topological polar surface area (TPSA) is 70.5 Å². The van der Waals surface area contributed by atoms with Gasteiger partial charge in [-0.15, -0.1) is 0 Å². The molecule has 1 amide bonds. The van der Waals surface area contributed by atoms with Gasteiger partial charge in [-0.25, -0.2) is 4.98 Å². The molecule has 86 valence electrons. The molecule has 0 unspecified atom stereocenters. The zero-order valence-corrected chi connectivity index (χ0v) is 8.68. The van der Waals surface area contributed by atoms with E-state index in [0.29, 0.717) is 0 Å². The van der Waals surface area contributed by atoms with Gasteiger partial charge in [0.1, 0.15) is 6.54 Å². The lowest BCUT2D eigenvalue weighted by molar-refractivity contribution is -0.137. The SMILES string of the molecule is CCN(CC(=O)O)C(=O)c1ccc(F)nc1. The van der Waals surface area contributed by atoms with E-state index in [2.05, 4.69) is 4.98 Å². The molecule has 0 fully saturated rings. The Morgan fingerprint density at radius 3 is 2.62 bits per heavy atom. The van der Waals surface area contributed by atoms with E-state index in [0.717, 1.165) is 17.2 Å². The average molecular weight is 226 g/mol. The lowest BCUT2D eigenvalue weighted by Crippen LogP contribution is -2.35. The number of nitrogens with zero attached hydrogens (tertiary/aromatic N) is 2. The van der Waals surface area contributed by atoms with Gasteiger partial charge in [-0.1, -0.05) is 0 Å². The number of aromatic nitrogens is 1. The van der Waals surface area contributed by atoms with Crippen molar-refractivity contribution in [2.75, 3.05) is 13.1 Å². The van der Waals surface area contributed by atoms with Crippen LogP contribution in [-0.4, -0.2) is 40.0 Å². The van der Waals surface area contributed by atoms with Gasteiger partial charge in [0.2, 0.25) is 5.95 Å². The average Bonchev–Trinajstić information content (AvgIpc) is 2.25. The molecule has 0 aromatic carbocycles. The van der Waals surface area contributed by atoms with Crippen LogP contribution in [0.4, 0.5) is 4.39 Å². The predicted octanol–water partition coefficient (Wildman–Crippen LogP) is 0.767. The fourth-order valence-corrected chi connectivity index (χ4v) is 1.18. The number of hydrogen-bond donors (Lipinski definition) is 1. The number of carbonyl (C=O) groups is 2. The maximum Gasteiger partial charge on any atom is 0.323 e. The Labute approximate surface area is 91.5 Å². The van der Waals surface area contributed by atoms with E-state index < -0.39 is 17.8 Å². The largest absolute Gasteiger partial charge is 0.480 e. The van der Waals surface area contributed by atoms with Crippen LogP contribution in [0.1, 0.15) is 17.3 Å². The molecule has 16 heavy (non-hydrogen) atoms. The summed E-state index contributed by atoms with van der Waals surface area (Å²) in [5.41, 5.74) is 0.171. The molecule has 0 aliphatic carbocycles. The smallest absolute Gasteiger partial charge is 0.323 e. The fourth-order valence-electron chi connectivity index (χ4n) is 1.18. The van der Waals surface area contributed by atoms with Crippen molar-refractivity contribution in [1.82, 2.24) is 9.88 Å². The number of halogens is 1. The summed E-state index contributed by atoms with van der Waals surface area (Å²) in [5.74, 6) is -2.25. The van der Waals surface area contributed by atoms with Crippen molar-refractivity contribution in [3.05, 3.63) is 29.8 Å². The molecule has 1 aromatic heterocycles. The second kappa shape index (κ2) is 5.20. The first-order chi connectivity index (χ1) is 7.54. The molecule has 0 bridgehead atoms. The van der Waals surface area contributed by atoms with Gasteiger partial charge in [0.25, 0.3) is 5.91 Å². The minimum atomic E-state index is -1.09. The molecule has 1 rings (SSSR count). The van der Waals surface area contributed by atoms with Gasteiger partial charge in [0.15, 0.2) is 0 Å². The van der Waals surface area contributed by atoms with Gasteiger partial charge in [0, 0.05) is 12.7 Å². The zero-order valence-electron chi connectivity index (χ0n) is 8.68. The quantitative estimate of drug-likeness (QED) is 0.770. The van der Waals surface area contributed by atoms with Crippen LogP contribution in [0, 0.1) is 5.95 Å². The highest BCUT2D eigenvalue weighted by Crippen LogP contribution is 2.04. The summed E-state index contributed by atoms with van der Waals surface area (Å²) < 4.78 is 12.5. The Hall–Kier alpha value is -1.98. The summed E-state index contributed by atoms with van der Waals surface area (Å²) >= 11 is 0. The molecule has 0 aliphatic heterocycles. The highest BCUT2D eigenvalue weighted by atomic mass is 19.1. The summed E-state index contributed by atoms with van der Waals surface area (Å²) in [6.07, 6.45) is 1.09. The second-order valence-corrected chi connectivity index (χ2v) is 3.08. The predicted molar refractivity (Wildman–Crippen MR) is 53.4 cm³/mol. The van der Waals surface area contributed by atoms with Crippen LogP contribution in [0.2, 0.25) is 0 Å². The van der Waals surface area contributed by atoms with E-state index in [1.807, 2.05) is 0 Å². The van der Waals surface area contributed by atoms with Gasteiger partial charge in [-0.2, -0.15) is 4.39 Å². The number of likely N-dealkylation sites (N-methyl/N-ethyl adjacent to an activating group) is 1. The summed E-state index contributed by atoms with van der Waals surface area (Å²) in [7, 11) is 0. The van der Waals surface area contributed by atoms with Crippen LogP contribution in [0.15, 0.2) is 18.3 Å². The minimum Gasteiger partial charge on any atom is -0.480 e. The normalized spacial score (nSPS) is 9.88. The number of hydrogen-bond acceptors (Lipinski definition) is 3. The number of carboxylic acid groups (broad SMARTS) is 1. The van der Waals surface area contributed by atoms with Gasteiger partial charge in [-0.05, 0) is 19.1 Å². The van der Waals surface area contributed by atoms with Crippen molar-refractivity contribution in [2.24, 2.45) is 0 Å². The van der Waals surface area contributed by atoms with E-state index >= 15 is 0 Å². The second-order valence-electron chi connectivity index (χ2n) is 3.08. The Morgan fingerprint density at radius 1 is 1.50 bits per heavy atom. The molecule has 0 aliphatic rings. The van der Waals surface area contributed by atoms with Crippen molar-refractivity contribution in [3.8, 4) is 0 Å². The Kier molecular flexibility index (Phi) is 3.93. The van der Waals surface area contributed by atoms with Gasteiger partial charge in [0.05, 0.1) is 5.56 Å². The maximum atomic E-state index is 12.5. The lowest BCUT2D eigenvalue weighted by atomic mass is 10.2. The summed E-state index contributed by atoms with van der Waals surface area (Å²) in [5, 5.41) is 8.59. The number of aliphatic carboxylic acids is 1. The van der Waals surface area contributed by atoms with Crippen molar-refractivity contribution >= 4 is 11.9 Å². The Morgan fingerprint density at radius 2 is 2.19 bits per heavy atom. The van der Waals surface area contributed by atoms with Crippen LogP contribution in [0.5, 0.6) is 0 Å². The summed E-state index contributed by atoms with van der Waals surface area (Å²) in [6.45, 7) is 1.55. The fraction of sp³-hybridized carbons (Fsp3) is 0.300. The number of carboxylic acids is 1. The lowest BCUT2D eigenvalue weighted by Gasteiger charge is -2.18. The van der Waals surface area contributed by atoms with Crippen molar-refractivity contribution in [2.45, 2.75) is 6.92 Å². The van der Waals surface area contributed by atoms with E-state index in [1.165, 1.54) is 6.07 Å². The van der Waals surface area contributed by atoms with E-state index in [9.17, 15) is 14.0 Å². The molecule has 0 saturated carbocycles. The summed E-state index contributed by atoms with van der Waals surface area (Å²) in [4.78, 5) is 26.7. The van der Waals surface area contributed by atoms with Crippen LogP contribution in [0.25, 0.3) is 0 Å². The molecule has 0 spiro atoms. The monoisotopic (exact) mass is 226 g/mol. The van der Waals surface area contributed by atoms with Crippen molar-refractivity contribution in [3.63, 3.8) is 0 Å². The van der Waals surface area contributed by atoms with E-state index in [1.54, 1.807) is 6.92 Å². The van der Waals surface area contributed by atoms with Crippen molar-refractivity contribution in [1.29, 1.82) is 0 Å². The number of carbonyl (C=O) groups excluding carboxylic acids is 1. The molecular formula is C10H11FN2O3. The van der Waals surface area contributed by atoms with Crippen LogP contribution >= 0.6 is 0 Å². The molecule has 1 aromatic rings. The number of rotatable bonds is 4. The summed E-state index contributed by atoms with van der Waals surface area (Å²) in [6, 6.07) is 2.33. The first-order valence-electron chi connectivity index (χ1n) is 4.67. The standard InChI is InChI=1S/C10H11FN2O3/c1-2-13(6-9(14)15)10(16)7-3-4-8(11)12-5-7/h3-5H,2,6H2,1H3,(H,14,15). The third-order valence-corrected chi connectivity index (χ3v) is 1.97. The first kappa shape index (κ1) is 12.1. The van der Waals surface area contributed by atoms with E-state index in [-0.39, 0.29) is 18.7 Å². The Bertz CT molecular complexity index is 392.